The van der Waals surface area contributed by atoms with E-state index in [1.165, 1.54) is 6.07 Å². The van der Waals surface area contributed by atoms with E-state index in [-0.39, 0.29) is 10.6 Å². The van der Waals surface area contributed by atoms with Gasteiger partial charge in [0.25, 0.3) is 5.91 Å². The van der Waals surface area contributed by atoms with Crippen molar-refractivity contribution in [2.45, 2.75) is 13.1 Å². The van der Waals surface area contributed by atoms with Gasteiger partial charge in [-0.3, -0.25) is 4.79 Å². The highest BCUT2D eigenvalue weighted by molar-refractivity contribution is 7.17. The summed E-state index contributed by atoms with van der Waals surface area (Å²) in [6.07, 6.45) is -4.63. The van der Waals surface area contributed by atoms with Gasteiger partial charge in [-0.05, 0) is 37.3 Å². The number of morpholine rings is 1. The van der Waals surface area contributed by atoms with Gasteiger partial charge in [-0.25, -0.2) is 4.98 Å². The number of anilines is 2. The van der Waals surface area contributed by atoms with E-state index in [1.807, 2.05) is 4.90 Å². The van der Waals surface area contributed by atoms with Crippen molar-refractivity contribution in [2.24, 2.45) is 0 Å². The summed E-state index contributed by atoms with van der Waals surface area (Å²) in [4.78, 5) is 19.3. The van der Waals surface area contributed by atoms with Crippen molar-refractivity contribution in [3.8, 4) is 10.6 Å². The van der Waals surface area contributed by atoms with Crippen LogP contribution in [0, 0.1) is 6.92 Å². The van der Waals surface area contributed by atoms with Gasteiger partial charge in [-0.1, -0.05) is 23.7 Å². The van der Waals surface area contributed by atoms with Gasteiger partial charge in [-0.15, -0.1) is 11.3 Å². The number of benzene rings is 2. The maximum atomic E-state index is 13.8. The molecule has 1 fully saturated rings. The number of halogens is 4. The molecular formula is C22H19ClF3N3O2S. The minimum atomic E-state index is -4.63. The van der Waals surface area contributed by atoms with E-state index in [9.17, 15) is 18.0 Å². The Morgan fingerprint density at radius 1 is 1.19 bits per heavy atom. The van der Waals surface area contributed by atoms with E-state index in [4.69, 9.17) is 16.3 Å². The highest BCUT2D eigenvalue weighted by Gasteiger charge is 2.35. The molecule has 4 rings (SSSR count). The van der Waals surface area contributed by atoms with Crippen molar-refractivity contribution in [3.63, 3.8) is 0 Å². The molecule has 1 aliphatic rings. The summed E-state index contributed by atoms with van der Waals surface area (Å²) in [6.45, 7) is 3.58. The molecular weight excluding hydrogens is 463 g/mol. The van der Waals surface area contributed by atoms with Crippen LogP contribution < -0.4 is 10.2 Å². The zero-order chi connectivity index (χ0) is 22.9. The topological polar surface area (TPSA) is 54.5 Å². The molecule has 0 bridgehead atoms. The normalized spacial score (nSPS) is 14.5. The summed E-state index contributed by atoms with van der Waals surface area (Å²) in [6, 6.07) is 10.9. The van der Waals surface area contributed by atoms with Crippen molar-refractivity contribution < 1.29 is 22.7 Å². The van der Waals surface area contributed by atoms with E-state index in [0.29, 0.717) is 47.7 Å². The Morgan fingerprint density at radius 3 is 2.62 bits per heavy atom. The number of nitrogens with zero attached hydrogens (tertiary/aromatic N) is 2. The molecule has 0 aliphatic carbocycles. The molecule has 0 radical (unpaired) electrons. The van der Waals surface area contributed by atoms with Gasteiger partial charge in [0.2, 0.25) is 0 Å². The second-order valence-corrected chi connectivity index (χ2v) is 8.66. The highest BCUT2D eigenvalue weighted by Crippen LogP contribution is 2.38. The SMILES string of the molecule is Cc1nc(-c2cccc(Cl)c2)sc1C(=O)Nc1ccc(N2CCOCC2)cc1C(F)(F)F. The average molecular weight is 482 g/mol. The molecule has 0 saturated carbocycles. The Kier molecular flexibility index (Phi) is 6.41. The first-order chi connectivity index (χ1) is 15.2. The average Bonchev–Trinajstić information content (AvgIpc) is 3.16. The van der Waals surface area contributed by atoms with E-state index < -0.39 is 17.6 Å². The third-order valence-electron chi connectivity index (χ3n) is 5.01. The predicted molar refractivity (Wildman–Crippen MR) is 120 cm³/mol. The van der Waals surface area contributed by atoms with Crippen LogP contribution in [0.1, 0.15) is 20.9 Å². The van der Waals surface area contributed by atoms with Crippen LogP contribution in [0.3, 0.4) is 0 Å². The van der Waals surface area contributed by atoms with Crippen molar-refractivity contribution >= 4 is 40.2 Å². The summed E-state index contributed by atoms with van der Waals surface area (Å²) in [5.74, 6) is -0.641. The van der Waals surface area contributed by atoms with Crippen molar-refractivity contribution in [2.75, 3.05) is 36.5 Å². The van der Waals surface area contributed by atoms with Crippen LogP contribution >= 0.6 is 22.9 Å². The number of aryl methyl sites for hydroxylation is 1. The number of rotatable bonds is 4. The maximum Gasteiger partial charge on any atom is 0.418 e. The number of nitrogens with one attached hydrogen (secondary N) is 1. The van der Waals surface area contributed by atoms with Crippen molar-refractivity contribution in [3.05, 3.63) is 63.6 Å². The number of ether oxygens (including phenoxy) is 1. The molecule has 2 aromatic carbocycles. The molecule has 0 atom stereocenters. The molecule has 168 valence electrons. The zero-order valence-electron chi connectivity index (χ0n) is 17.0. The number of aromatic nitrogens is 1. The Morgan fingerprint density at radius 2 is 1.94 bits per heavy atom. The number of alkyl halides is 3. The first kappa shape index (κ1) is 22.6. The highest BCUT2D eigenvalue weighted by atomic mass is 35.5. The lowest BCUT2D eigenvalue weighted by molar-refractivity contribution is -0.136. The minimum Gasteiger partial charge on any atom is -0.378 e. The maximum absolute atomic E-state index is 13.8. The Labute approximate surface area is 191 Å². The Bertz CT molecular complexity index is 1140. The molecule has 1 N–H and O–H groups in total. The van der Waals surface area contributed by atoms with Crippen LogP contribution in [0.25, 0.3) is 10.6 Å². The third-order valence-corrected chi connectivity index (χ3v) is 6.45. The molecule has 5 nitrogen and oxygen atoms in total. The fraction of sp³-hybridized carbons (Fsp3) is 0.273. The molecule has 10 heteroatoms. The molecule has 1 aliphatic heterocycles. The van der Waals surface area contributed by atoms with Gasteiger partial charge in [0.15, 0.2) is 0 Å². The standard InChI is InChI=1S/C22H19ClF3N3O2S/c1-13-19(32-21(27-13)14-3-2-4-15(23)11-14)20(30)28-18-6-5-16(12-17(18)22(24,25)26)29-7-9-31-10-8-29/h2-6,11-12H,7-10H2,1H3,(H,28,30). The van der Waals surface area contributed by atoms with E-state index in [2.05, 4.69) is 10.3 Å². The van der Waals surface area contributed by atoms with Gasteiger partial charge in [-0.2, -0.15) is 13.2 Å². The quantitative estimate of drug-likeness (QED) is 0.505. The lowest BCUT2D eigenvalue weighted by atomic mass is 10.1. The summed E-state index contributed by atoms with van der Waals surface area (Å²) < 4.78 is 46.6. The van der Waals surface area contributed by atoms with Crippen molar-refractivity contribution in [1.82, 2.24) is 4.98 Å². The predicted octanol–water partition coefficient (Wildman–Crippen LogP) is 5.88. The largest absolute Gasteiger partial charge is 0.418 e. The minimum absolute atomic E-state index is 0.241. The van der Waals surface area contributed by atoms with Gasteiger partial charge in [0.1, 0.15) is 9.88 Å². The van der Waals surface area contributed by atoms with Gasteiger partial charge in [0, 0.05) is 29.4 Å². The van der Waals surface area contributed by atoms with E-state index >= 15 is 0 Å². The Balaban J connectivity index is 1.61. The van der Waals surface area contributed by atoms with Crippen LogP contribution in [0.5, 0.6) is 0 Å². The molecule has 2 heterocycles. The molecule has 1 saturated heterocycles. The number of carbonyl (C=O) groups is 1. The number of thiazole rings is 1. The molecule has 0 unspecified atom stereocenters. The summed E-state index contributed by atoms with van der Waals surface area (Å²) in [7, 11) is 0. The van der Waals surface area contributed by atoms with Crippen LogP contribution in [-0.4, -0.2) is 37.2 Å². The first-order valence-electron chi connectivity index (χ1n) is 9.81. The third kappa shape index (κ3) is 4.90. The summed E-state index contributed by atoms with van der Waals surface area (Å²) >= 11 is 7.12. The number of amides is 1. The lowest BCUT2D eigenvalue weighted by Gasteiger charge is -2.29. The molecule has 0 spiro atoms. The fourth-order valence-electron chi connectivity index (χ4n) is 3.43. The zero-order valence-corrected chi connectivity index (χ0v) is 18.6. The first-order valence-corrected chi connectivity index (χ1v) is 11.0. The van der Waals surface area contributed by atoms with E-state index in [1.54, 1.807) is 37.3 Å². The van der Waals surface area contributed by atoms with Gasteiger partial charge >= 0.3 is 6.18 Å². The number of hydrogen-bond acceptors (Lipinski definition) is 5. The van der Waals surface area contributed by atoms with Crippen LogP contribution in [0.15, 0.2) is 42.5 Å². The lowest BCUT2D eigenvalue weighted by Crippen LogP contribution is -2.36. The van der Waals surface area contributed by atoms with Gasteiger partial charge < -0.3 is 15.0 Å². The van der Waals surface area contributed by atoms with Crippen molar-refractivity contribution in [1.29, 1.82) is 0 Å². The fourth-order valence-corrected chi connectivity index (χ4v) is 4.57. The van der Waals surface area contributed by atoms with Crippen LogP contribution in [-0.2, 0) is 10.9 Å². The van der Waals surface area contributed by atoms with Crippen LogP contribution in [0.4, 0.5) is 24.5 Å². The monoisotopic (exact) mass is 481 g/mol. The second kappa shape index (κ2) is 9.09. The summed E-state index contributed by atoms with van der Waals surface area (Å²) in [5, 5.41) is 3.51. The molecule has 3 aromatic rings. The molecule has 32 heavy (non-hydrogen) atoms. The second-order valence-electron chi connectivity index (χ2n) is 7.23. The molecule has 1 amide bonds. The molecule has 1 aromatic heterocycles. The number of hydrogen-bond donors (Lipinski definition) is 1. The smallest absolute Gasteiger partial charge is 0.378 e. The van der Waals surface area contributed by atoms with E-state index in [0.717, 1.165) is 23.0 Å². The van der Waals surface area contributed by atoms with Gasteiger partial charge in [0.05, 0.1) is 30.2 Å². The summed E-state index contributed by atoms with van der Waals surface area (Å²) in [5.41, 5.74) is 0.413. The van der Waals surface area contributed by atoms with Crippen LogP contribution in [0.2, 0.25) is 5.02 Å². The Hall–Kier alpha value is -2.62. The number of carbonyl (C=O) groups excluding carboxylic acids is 1.